The number of alkyl halides is 3. The van der Waals surface area contributed by atoms with Crippen LogP contribution < -0.4 is 5.32 Å². The smallest absolute Gasteiger partial charge is 0.334 e. The van der Waals surface area contributed by atoms with Gasteiger partial charge in [0.2, 0.25) is 3.79 Å². The van der Waals surface area contributed by atoms with Crippen LogP contribution in [-0.4, -0.2) is 29.7 Å². The first-order valence-corrected chi connectivity index (χ1v) is 8.60. The van der Waals surface area contributed by atoms with Crippen molar-refractivity contribution < 1.29 is 18.4 Å². The van der Waals surface area contributed by atoms with Crippen LogP contribution >= 0.6 is 54.0 Å². The summed E-state index contributed by atoms with van der Waals surface area (Å²) in [5.41, 5.74) is 0.248. The SMILES string of the molecule is COP(=O)(OC)C(NC(=O)c1ccc(Cl)cc1)C(Cl)(Cl)Cl. The van der Waals surface area contributed by atoms with Crippen LogP contribution in [0.15, 0.2) is 24.3 Å². The topological polar surface area (TPSA) is 64.6 Å². The van der Waals surface area contributed by atoms with E-state index in [1.165, 1.54) is 24.3 Å². The third-order valence-electron chi connectivity index (χ3n) is 2.51. The monoisotopic (exact) mass is 393 g/mol. The molecule has 0 fully saturated rings. The fraction of sp³-hybridized carbons (Fsp3) is 0.364. The van der Waals surface area contributed by atoms with E-state index < -0.39 is 23.1 Å². The van der Waals surface area contributed by atoms with Crippen LogP contribution in [0.5, 0.6) is 0 Å². The highest BCUT2D eigenvalue weighted by Gasteiger charge is 2.49. The van der Waals surface area contributed by atoms with Crippen molar-refractivity contribution in [1.82, 2.24) is 5.32 Å². The molecule has 21 heavy (non-hydrogen) atoms. The number of halogens is 4. The summed E-state index contributed by atoms with van der Waals surface area (Å²) in [5, 5.41) is 2.81. The molecule has 0 saturated carbocycles. The van der Waals surface area contributed by atoms with Crippen LogP contribution in [0.3, 0.4) is 0 Å². The Kier molecular flexibility index (Phi) is 6.81. The molecule has 10 heteroatoms. The minimum absolute atomic E-state index is 0.248. The molecule has 5 nitrogen and oxygen atoms in total. The Morgan fingerprint density at radius 3 is 2.05 bits per heavy atom. The molecule has 118 valence electrons. The summed E-state index contributed by atoms with van der Waals surface area (Å²) in [7, 11) is -1.60. The van der Waals surface area contributed by atoms with Gasteiger partial charge in [-0.25, -0.2) is 0 Å². The van der Waals surface area contributed by atoms with Gasteiger partial charge in [-0.15, -0.1) is 0 Å². The Morgan fingerprint density at radius 1 is 1.19 bits per heavy atom. The van der Waals surface area contributed by atoms with Crippen molar-refractivity contribution in [2.24, 2.45) is 0 Å². The molecule has 1 N–H and O–H groups in total. The molecule has 1 amide bonds. The number of carbonyl (C=O) groups is 1. The molecule has 1 aromatic rings. The van der Waals surface area contributed by atoms with E-state index in [1.54, 1.807) is 0 Å². The molecular formula is C11H12Cl4NO4P. The highest BCUT2D eigenvalue weighted by molar-refractivity contribution is 7.55. The lowest BCUT2D eigenvalue weighted by atomic mass is 10.2. The van der Waals surface area contributed by atoms with Crippen LogP contribution in [-0.2, 0) is 13.6 Å². The number of amides is 1. The molecule has 0 saturated heterocycles. The van der Waals surface area contributed by atoms with E-state index in [4.69, 9.17) is 55.5 Å². The summed E-state index contributed by atoms with van der Waals surface area (Å²) in [6, 6.07) is 5.98. The average molecular weight is 395 g/mol. The van der Waals surface area contributed by atoms with Crippen molar-refractivity contribution in [3.63, 3.8) is 0 Å². The van der Waals surface area contributed by atoms with Gasteiger partial charge in [0.25, 0.3) is 5.91 Å². The van der Waals surface area contributed by atoms with E-state index in [9.17, 15) is 9.36 Å². The van der Waals surface area contributed by atoms with Gasteiger partial charge in [-0.1, -0.05) is 46.4 Å². The Bertz CT molecular complexity index is 538. The van der Waals surface area contributed by atoms with Crippen molar-refractivity contribution in [2.45, 2.75) is 9.58 Å². The van der Waals surface area contributed by atoms with Gasteiger partial charge < -0.3 is 14.4 Å². The van der Waals surface area contributed by atoms with Gasteiger partial charge >= 0.3 is 7.60 Å². The zero-order valence-electron chi connectivity index (χ0n) is 11.0. The van der Waals surface area contributed by atoms with E-state index in [0.717, 1.165) is 14.2 Å². The van der Waals surface area contributed by atoms with Crippen molar-refractivity contribution in [3.05, 3.63) is 34.9 Å². The van der Waals surface area contributed by atoms with Crippen LogP contribution in [0.1, 0.15) is 10.4 Å². The largest absolute Gasteiger partial charge is 0.356 e. The summed E-state index contributed by atoms with van der Waals surface area (Å²) in [6.07, 6.45) is 0. The minimum Gasteiger partial charge on any atom is -0.334 e. The van der Waals surface area contributed by atoms with Crippen molar-refractivity contribution >= 4 is 59.9 Å². The van der Waals surface area contributed by atoms with E-state index in [-0.39, 0.29) is 5.56 Å². The third-order valence-corrected chi connectivity index (χ3v) is 6.04. The average Bonchev–Trinajstić information content (AvgIpc) is 2.43. The van der Waals surface area contributed by atoms with E-state index in [0.29, 0.717) is 5.02 Å². The number of hydrogen-bond donors (Lipinski definition) is 1. The first-order valence-electron chi connectivity index (χ1n) is 5.48. The van der Waals surface area contributed by atoms with Gasteiger partial charge in [0, 0.05) is 24.8 Å². The molecule has 1 atom stereocenters. The third kappa shape index (κ3) is 5.00. The summed E-state index contributed by atoms with van der Waals surface area (Å²) < 4.78 is 19.8. The first kappa shape index (κ1) is 19.0. The molecule has 1 aromatic carbocycles. The summed E-state index contributed by atoms with van der Waals surface area (Å²) >= 11 is 23.0. The van der Waals surface area contributed by atoms with Gasteiger partial charge in [-0.3, -0.25) is 9.36 Å². The quantitative estimate of drug-likeness (QED) is 0.598. The van der Waals surface area contributed by atoms with Gasteiger partial charge in [0.1, 0.15) is 0 Å². The highest BCUT2D eigenvalue weighted by atomic mass is 35.6. The fourth-order valence-electron chi connectivity index (χ4n) is 1.43. The molecule has 0 aliphatic carbocycles. The van der Waals surface area contributed by atoms with Gasteiger partial charge in [-0.05, 0) is 24.3 Å². The van der Waals surface area contributed by atoms with Crippen LogP contribution in [0.2, 0.25) is 5.02 Å². The zero-order chi connectivity index (χ0) is 16.3. The predicted octanol–water partition coefficient (Wildman–Crippen LogP) is 4.25. The van der Waals surface area contributed by atoms with Crippen LogP contribution in [0, 0.1) is 0 Å². The van der Waals surface area contributed by atoms with Crippen molar-refractivity contribution in [1.29, 1.82) is 0 Å². The van der Waals surface area contributed by atoms with Gasteiger partial charge in [0.15, 0.2) is 5.78 Å². The van der Waals surface area contributed by atoms with Gasteiger partial charge in [0.05, 0.1) is 0 Å². The number of carbonyl (C=O) groups excluding carboxylic acids is 1. The zero-order valence-corrected chi connectivity index (χ0v) is 14.9. The lowest BCUT2D eigenvalue weighted by Crippen LogP contribution is -2.44. The molecule has 0 spiro atoms. The first-order chi connectivity index (χ1) is 9.64. The summed E-state index contributed by atoms with van der Waals surface area (Å²) in [5.74, 6) is -2.09. The summed E-state index contributed by atoms with van der Waals surface area (Å²) in [6.45, 7) is 0. The molecule has 1 rings (SSSR count). The maximum Gasteiger partial charge on any atom is 0.356 e. The molecule has 0 bridgehead atoms. The number of rotatable bonds is 5. The predicted molar refractivity (Wildman–Crippen MR) is 84.6 cm³/mol. The molecular weight excluding hydrogens is 383 g/mol. The molecule has 1 unspecified atom stereocenters. The van der Waals surface area contributed by atoms with E-state index >= 15 is 0 Å². The second-order valence-corrected chi connectivity index (χ2v) is 8.96. The van der Waals surface area contributed by atoms with Crippen LogP contribution in [0.25, 0.3) is 0 Å². The van der Waals surface area contributed by atoms with E-state index in [2.05, 4.69) is 5.32 Å². The lowest BCUT2D eigenvalue weighted by Gasteiger charge is -2.30. The minimum atomic E-state index is -3.85. The van der Waals surface area contributed by atoms with Crippen LogP contribution in [0.4, 0.5) is 0 Å². The highest BCUT2D eigenvalue weighted by Crippen LogP contribution is 2.57. The molecule has 0 radical (unpaired) electrons. The second-order valence-electron chi connectivity index (χ2n) is 3.83. The molecule has 0 heterocycles. The maximum absolute atomic E-state index is 12.4. The Morgan fingerprint density at radius 2 is 1.67 bits per heavy atom. The maximum atomic E-state index is 12.4. The summed E-state index contributed by atoms with van der Waals surface area (Å²) in [4.78, 5) is 12.1. The standard InChI is InChI=1S/C11H12Cl4NO4P/c1-19-21(18,20-2)10(11(13,14)15)16-9(17)7-3-5-8(12)6-4-7/h3-6,10H,1-2H3,(H,16,17). The van der Waals surface area contributed by atoms with Crippen molar-refractivity contribution in [3.8, 4) is 0 Å². The normalized spacial score (nSPS) is 13.8. The Hall–Kier alpha value is -0.000000000000000111. The Labute approximate surface area is 142 Å². The van der Waals surface area contributed by atoms with Crippen molar-refractivity contribution in [2.75, 3.05) is 14.2 Å². The molecule has 0 aliphatic heterocycles. The van der Waals surface area contributed by atoms with Gasteiger partial charge in [-0.2, -0.15) is 0 Å². The number of hydrogen-bond acceptors (Lipinski definition) is 4. The van der Waals surface area contributed by atoms with E-state index in [1.807, 2.05) is 0 Å². The lowest BCUT2D eigenvalue weighted by molar-refractivity contribution is 0.0941. The fourth-order valence-corrected chi connectivity index (χ4v) is 4.00. The molecule has 0 aromatic heterocycles. The number of benzene rings is 1. The second kappa shape index (κ2) is 7.51. The molecule has 0 aliphatic rings. The Balaban J connectivity index is 3.05. The number of nitrogens with one attached hydrogen (secondary N) is 1.